The fraction of sp³-hybridized carbons (Fsp3) is 0.192. The summed E-state index contributed by atoms with van der Waals surface area (Å²) in [7, 11) is 1.54. The molecule has 2 amide bonds. The number of alkyl carbamates (subject to hydrolysis) is 1. The zero-order valence-corrected chi connectivity index (χ0v) is 18.1. The molecule has 33 heavy (non-hydrogen) atoms. The van der Waals surface area contributed by atoms with Crippen LogP contribution in [0.25, 0.3) is 11.1 Å². The number of ether oxygens (including phenoxy) is 1. The van der Waals surface area contributed by atoms with E-state index in [4.69, 9.17) is 4.74 Å². The van der Waals surface area contributed by atoms with E-state index in [0.717, 1.165) is 22.3 Å². The van der Waals surface area contributed by atoms with Gasteiger partial charge < -0.3 is 20.5 Å². The highest BCUT2D eigenvalue weighted by Crippen LogP contribution is 2.44. The van der Waals surface area contributed by atoms with Gasteiger partial charge in [0.25, 0.3) is 5.91 Å². The molecule has 0 saturated heterocycles. The predicted octanol–water partition coefficient (Wildman–Crippen LogP) is 3.58. The van der Waals surface area contributed by atoms with Crippen LogP contribution < -0.4 is 10.6 Å². The highest BCUT2D eigenvalue weighted by atomic mass is 16.5. The largest absolute Gasteiger partial charge is 0.480 e. The van der Waals surface area contributed by atoms with Crippen LogP contribution in [-0.2, 0) is 16.0 Å². The van der Waals surface area contributed by atoms with Crippen LogP contribution in [0.15, 0.2) is 72.8 Å². The SMILES string of the molecule is CNC(=O)c1ccc(C[C@H](NC(=O)OCC2c3ccccc3-c3ccccc32)C(=O)O)cc1. The molecule has 1 aliphatic carbocycles. The molecular weight excluding hydrogens is 420 g/mol. The van der Waals surface area contributed by atoms with Crippen molar-refractivity contribution in [3.05, 3.63) is 95.1 Å². The summed E-state index contributed by atoms with van der Waals surface area (Å²) in [6, 6.07) is 21.4. The topological polar surface area (TPSA) is 105 Å². The third-order valence-corrected chi connectivity index (χ3v) is 5.82. The van der Waals surface area contributed by atoms with Gasteiger partial charge in [-0.2, -0.15) is 0 Å². The van der Waals surface area contributed by atoms with Crippen LogP contribution in [0.3, 0.4) is 0 Å². The van der Waals surface area contributed by atoms with Crippen molar-refractivity contribution in [2.75, 3.05) is 13.7 Å². The number of nitrogens with one attached hydrogen (secondary N) is 2. The number of benzene rings is 3. The van der Waals surface area contributed by atoms with Crippen LogP contribution in [-0.4, -0.2) is 42.8 Å². The summed E-state index contributed by atoms with van der Waals surface area (Å²) in [6.45, 7) is 0.104. The lowest BCUT2D eigenvalue weighted by Crippen LogP contribution is -2.42. The number of carboxylic acids is 1. The molecule has 0 bridgehead atoms. The molecule has 1 atom stereocenters. The van der Waals surface area contributed by atoms with Gasteiger partial charge in [-0.3, -0.25) is 4.79 Å². The minimum absolute atomic E-state index is 0.0630. The summed E-state index contributed by atoms with van der Waals surface area (Å²) in [5, 5.41) is 14.5. The molecule has 7 heteroatoms. The summed E-state index contributed by atoms with van der Waals surface area (Å²) in [6.07, 6.45) is -0.723. The average molecular weight is 444 g/mol. The minimum Gasteiger partial charge on any atom is -0.480 e. The molecule has 0 saturated carbocycles. The number of hydrogen-bond acceptors (Lipinski definition) is 4. The fourth-order valence-electron chi connectivity index (χ4n) is 4.15. The number of amides is 2. The number of rotatable bonds is 7. The molecule has 3 aromatic rings. The Morgan fingerprint density at radius 2 is 1.48 bits per heavy atom. The number of carboxylic acid groups (broad SMARTS) is 1. The van der Waals surface area contributed by atoms with E-state index >= 15 is 0 Å². The van der Waals surface area contributed by atoms with Gasteiger partial charge in [-0.15, -0.1) is 0 Å². The van der Waals surface area contributed by atoms with Crippen LogP contribution in [0.4, 0.5) is 4.79 Å². The van der Waals surface area contributed by atoms with E-state index in [1.807, 2.05) is 48.5 Å². The first-order valence-electron chi connectivity index (χ1n) is 10.6. The van der Waals surface area contributed by atoms with Crippen LogP contribution in [0.5, 0.6) is 0 Å². The normalized spacial score (nSPS) is 12.9. The Morgan fingerprint density at radius 1 is 0.909 bits per heavy atom. The minimum atomic E-state index is -1.17. The highest BCUT2D eigenvalue weighted by Gasteiger charge is 2.29. The van der Waals surface area contributed by atoms with E-state index in [0.29, 0.717) is 11.1 Å². The summed E-state index contributed by atoms with van der Waals surface area (Å²) in [5.74, 6) is -1.50. The summed E-state index contributed by atoms with van der Waals surface area (Å²) >= 11 is 0. The first-order valence-corrected chi connectivity index (χ1v) is 10.6. The van der Waals surface area contributed by atoms with Crippen LogP contribution in [0.1, 0.15) is 33.0 Å². The lowest BCUT2D eigenvalue weighted by atomic mass is 9.98. The molecule has 0 radical (unpaired) electrons. The molecule has 0 aromatic heterocycles. The van der Waals surface area contributed by atoms with Gasteiger partial charge >= 0.3 is 12.1 Å². The molecule has 0 fully saturated rings. The van der Waals surface area contributed by atoms with Crippen molar-refractivity contribution < 1.29 is 24.2 Å². The number of carbonyl (C=O) groups is 3. The third-order valence-electron chi connectivity index (χ3n) is 5.82. The Balaban J connectivity index is 1.40. The monoisotopic (exact) mass is 444 g/mol. The quantitative estimate of drug-likeness (QED) is 0.517. The molecule has 7 nitrogen and oxygen atoms in total. The summed E-state index contributed by atoms with van der Waals surface area (Å²) in [5.41, 5.74) is 5.54. The smallest absolute Gasteiger partial charge is 0.407 e. The fourth-order valence-corrected chi connectivity index (χ4v) is 4.15. The van der Waals surface area contributed by atoms with Crippen molar-refractivity contribution in [2.24, 2.45) is 0 Å². The second kappa shape index (κ2) is 9.56. The zero-order valence-electron chi connectivity index (χ0n) is 18.1. The maximum atomic E-state index is 12.5. The molecule has 0 heterocycles. The van der Waals surface area contributed by atoms with Gasteiger partial charge in [-0.25, -0.2) is 9.59 Å². The third kappa shape index (κ3) is 4.72. The maximum absolute atomic E-state index is 12.5. The Morgan fingerprint density at radius 3 is 2.03 bits per heavy atom. The summed E-state index contributed by atoms with van der Waals surface area (Å²) in [4.78, 5) is 35.8. The van der Waals surface area contributed by atoms with Crippen LogP contribution in [0, 0.1) is 0 Å². The standard InChI is InChI=1S/C26H24N2O5/c1-27-24(29)17-12-10-16(11-13-17)14-23(25(30)31)28-26(32)33-15-22-20-8-4-2-6-18(20)19-7-3-5-9-21(19)22/h2-13,22-23H,14-15H2,1H3,(H,27,29)(H,28,32)(H,30,31)/t23-/m0/s1. The number of carbonyl (C=O) groups excluding carboxylic acids is 2. The average Bonchev–Trinajstić information content (AvgIpc) is 3.16. The van der Waals surface area contributed by atoms with Crippen molar-refractivity contribution in [3.63, 3.8) is 0 Å². The van der Waals surface area contributed by atoms with Crippen molar-refractivity contribution in [2.45, 2.75) is 18.4 Å². The van der Waals surface area contributed by atoms with E-state index in [2.05, 4.69) is 10.6 Å². The number of hydrogen-bond donors (Lipinski definition) is 3. The molecule has 0 unspecified atom stereocenters. The Labute approximate surface area is 191 Å². The van der Waals surface area contributed by atoms with Gasteiger partial charge in [-0.05, 0) is 39.9 Å². The molecule has 1 aliphatic rings. The van der Waals surface area contributed by atoms with Gasteiger partial charge in [-0.1, -0.05) is 60.7 Å². The van der Waals surface area contributed by atoms with E-state index < -0.39 is 18.1 Å². The molecule has 0 spiro atoms. The second-order valence-corrected chi connectivity index (χ2v) is 7.84. The predicted molar refractivity (Wildman–Crippen MR) is 123 cm³/mol. The first kappa shape index (κ1) is 22.1. The van der Waals surface area contributed by atoms with Crippen molar-refractivity contribution >= 4 is 18.0 Å². The van der Waals surface area contributed by atoms with Gasteiger partial charge in [0.2, 0.25) is 0 Å². The van der Waals surface area contributed by atoms with Gasteiger partial charge in [0, 0.05) is 24.9 Å². The molecule has 3 aromatic carbocycles. The molecule has 4 rings (SSSR count). The van der Waals surface area contributed by atoms with Crippen LogP contribution in [0.2, 0.25) is 0 Å². The van der Waals surface area contributed by atoms with Crippen molar-refractivity contribution in [1.29, 1.82) is 0 Å². The van der Waals surface area contributed by atoms with E-state index in [9.17, 15) is 19.5 Å². The van der Waals surface area contributed by atoms with Crippen molar-refractivity contribution in [1.82, 2.24) is 10.6 Å². The first-order chi connectivity index (χ1) is 16.0. The molecule has 0 aliphatic heterocycles. The zero-order chi connectivity index (χ0) is 23.4. The Hall–Kier alpha value is -4.13. The van der Waals surface area contributed by atoms with E-state index in [1.54, 1.807) is 24.3 Å². The number of aliphatic carboxylic acids is 1. The Kier molecular flexibility index (Phi) is 6.40. The molecular formula is C26H24N2O5. The van der Waals surface area contributed by atoms with Gasteiger partial charge in [0.1, 0.15) is 12.6 Å². The second-order valence-electron chi connectivity index (χ2n) is 7.84. The van der Waals surface area contributed by atoms with E-state index in [-0.39, 0.29) is 24.9 Å². The summed E-state index contributed by atoms with van der Waals surface area (Å²) < 4.78 is 5.46. The lowest BCUT2D eigenvalue weighted by molar-refractivity contribution is -0.139. The van der Waals surface area contributed by atoms with Gasteiger partial charge in [0.05, 0.1) is 0 Å². The maximum Gasteiger partial charge on any atom is 0.407 e. The van der Waals surface area contributed by atoms with E-state index in [1.165, 1.54) is 7.05 Å². The lowest BCUT2D eigenvalue weighted by Gasteiger charge is -2.17. The molecule has 3 N–H and O–H groups in total. The van der Waals surface area contributed by atoms with Gasteiger partial charge in [0.15, 0.2) is 0 Å². The van der Waals surface area contributed by atoms with Crippen molar-refractivity contribution in [3.8, 4) is 11.1 Å². The highest BCUT2D eigenvalue weighted by molar-refractivity contribution is 5.94. The van der Waals surface area contributed by atoms with Crippen LogP contribution >= 0.6 is 0 Å². The molecule has 168 valence electrons. The number of fused-ring (bicyclic) bond motifs is 3. The Bertz CT molecular complexity index is 1140.